The van der Waals surface area contributed by atoms with Crippen LogP contribution in [0, 0.1) is 0 Å². The highest BCUT2D eigenvalue weighted by molar-refractivity contribution is 5.91. The van der Waals surface area contributed by atoms with Gasteiger partial charge in [0.25, 0.3) is 0 Å². The molecular weight excluding hydrogens is 266 g/mol. The molecule has 114 valence electrons. The summed E-state index contributed by atoms with van der Waals surface area (Å²) in [5.74, 6) is 6.52. The first kappa shape index (κ1) is 15.5. The maximum absolute atomic E-state index is 12.1. The molecule has 5 heteroatoms. The molecule has 0 aliphatic carbocycles. The molecule has 1 aliphatic heterocycles. The zero-order valence-corrected chi connectivity index (χ0v) is 12.7. The normalized spacial score (nSPS) is 16.7. The Morgan fingerprint density at radius 3 is 2.67 bits per heavy atom. The number of hydrogen-bond acceptors (Lipinski definition) is 4. The third kappa shape index (κ3) is 4.88. The first-order valence-corrected chi connectivity index (χ1v) is 7.28. The number of nitrogens with two attached hydrogens (primary N) is 1. The van der Waals surface area contributed by atoms with Crippen LogP contribution in [-0.4, -0.2) is 48.1 Å². The van der Waals surface area contributed by atoms with Crippen molar-refractivity contribution in [2.45, 2.75) is 20.0 Å². The van der Waals surface area contributed by atoms with Crippen molar-refractivity contribution in [2.75, 3.05) is 26.2 Å². The minimum atomic E-state index is 0.0262. The highest BCUT2D eigenvalue weighted by atomic mass is 16.5. The number of rotatable bonds is 4. The molecule has 0 aromatic heterocycles. The van der Waals surface area contributed by atoms with Crippen LogP contribution in [-0.2, 0) is 4.79 Å². The van der Waals surface area contributed by atoms with Crippen LogP contribution < -0.4 is 10.6 Å². The van der Waals surface area contributed by atoms with Gasteiger partial charge in [0.1, 0.15) is 5.75 Å². The number of ether oxygens (including phenoxy) is 1. The molecule has 21 heavy (non-hydrogen) atoms. The summed E-state index contributed by atoms with van der Waals surface area (Å²) in [6, 6.07) is 7.73. The molecule has 1 aromatic carbocycles. The maximum atomic E-state index is 12.1. The Morgan fingerprint density at radius 1 is 1.29 bits per heavy atom. The summed E-state index contributed by atoms with van der Waals surface area (Å²) in [4.78, 5) is 13.9. The van der Waals surface area contributed by atoms with Gasteiger partial charge in [-0.25, -0.2) is 5.01 Å². The summed E-state index contributed by atoms with van der Waals surface area (Å²) in [7, 11) is 0. The molecule has 0 unspecified atom stereocenters. The van der Waals surface area contributed by atoms with Crippen LogP contribution in [0.1, 0.15) is 19.4 Å². The van der Waals surface area contributed by atoms with Crippen molar-refractivity contribution in [1.82, 2.24) is 9.91 Å². The summed E-state index contributed by atoms with van der Waals surface area (Å²) in [5, 5.41) is 1.74. The van der Waals surface area contributed by atoms with Crippen LogP contribution in [0.2, 0.25) is 0 Å². The topological polar surface area (TPSA) is 58.8 Å². The molecule has 0 atom stereocenters. The monoisotopic (exact) mass is 289 g/mol. The van der Waals surface area contributed by atoms with E-state index in [0.29, 0.717) is 13.1 Å². The van der Waals surface area contributed by atoms with Crippen molar-refractivity contribution in [3.63, 3.8) is 0 Å². The first-order chi connectivity index (χ1) is 10.0. The molecule has 1 heterocycles. The average Bonchev–Trinajstić information content (AvgIpc) is 2.45. The van der Waals surface area contributed by atoms with E-state index in [1.807, 2.05) is 49.1 Å². The van der Waals surface area contributed by atoms with Crippen molar-refractivity contribution in [3.8, 4) is 5.75 Å². The fourth-order valence-electron chi connectivity index (χ4n) is 2.18. The van der Waals surface area contributed by atoms with Crippen molar-refractivity contribution < 1.29 is 9.53 Å². The molecule has 0 saturated carbocycles. The van der Waals surface area contributed by atoms with Gasteiger partial charge in [0.15, 0.2) is 0 Å². The lowest BCUT2D eigenvalue weighted by Crippen LogP contribution is -2.50. The minimum Gasteiger partial charge on any atom is -0.491 e. The van der Waals surface area contributed by atoms with E-state index in [9.17, 15) is 4.79 Å². The summed E-state index contributed by atoms with van der Waals surface area (Å²) in [5.41, 5.74) is 0.957. The van der Waals surface area contributed by atoms with Gasteiger partial charge in [-0.2, -0.15) is 0 Å². The molecule has 1 aromatic rings. The zero-order valence-electron chi connectivity index (χ0n) is 12.7. The molecule has 1 saturated heterocycles. The van der Waals surface area contributed by atoms with E-state index in [2.05, 4.69) is 0 Å². The molecule has 2 rings (SSSR count). The molecule has 0 spiro atoms. The second kappa shape index (κ2) is 7.24. The van der Waals surface area contributed by atoms with E-state index in [0.717, 1.165) is 24.4 Å². The first-order valence-electron chi connectivity index (χ1n) is 7.28. The predicted octanol–water partition coefficient (Wildman–Crippen LogP) is 1.50. The lowest BCUT2D eigenvalue weighted by molar-refractivity contribution is -0.127. The van der Waals surface area contributed by atoms with Gasteiger partial charge in [0, 0.05) is 32.3 Å². The third-order valence-electron chi connectivity index (χ3n) is 3.27. The molecule has 2 N–H and O–H groups in total. The quantitative estimate of drug-likeness (QED) is 0.674. The lowest BCUT2D eigenvalue weighted by atomic mass is 10.2. The van der Waals surface area contributed by atoms with Crippen LogP contribution in [0.5, 0.6) is 5.75 Å². The molecule has 5 nitrogen and oxygen atoms in total. The minimum absolute atomic E-state index is 0.0262. The van der Waals surface area contributed by atoms with Crippen LogP contribution in [0.3, 0.4) is 0 Å². The van der Waals surface area contributed by atoms with Gasteiger partial charge in [0.2, 0.25) is 5.91 Å². The SMILES string of the molecule is CC(C)Oc1cccc(/C=C/C(=O)N2CCN(N)CC2)c1. The summed E-state index contributed by atoms with van der Waals surface area (Å²) >= 11 is 0. The number of nitrogens with zero attached hydrogens (tertiary/aromatic N) is 2. The molecule has 1 aliphatic rings. The zero-order chi connectivity index (χ0) is 15.2. The Kier molecular flexibility index (Phi) is 5.36. The fraction of sp³-hybridized carbons (Fsp3) is 0.438. The summed E-state index contributed by atoms with van der Waals surface area (Å²) in [6.45, 7) is 6.77. The van der Waals surface area contributed by atoms with E-state index >= 15 is 0 Å². The number of benzene rings is 1. The summed E-state index contributed by atoms with van der Waals surface area (Å²) in [6.07, 6.45) is 3.57. The Hall–Kier alpha value is -1.85. The number of hydrazine groups is 1. The molecular formula is C16H23N3O2. The number of piperazine rings is 1. The Labute approximate surface area is 125 Å². The highest BCUT2D eigenvalue weighted by Crippen LogP contribution is 2.16. The van der Waals surface area contributed by atoms with E-state index in [1.54, 1.807) is 11.1 Å². The van der Waals surface area contributed by atoms with Gasteiger partial charge in [-0.3, -0.25) is 10.6 Å². The van der Waals surface area contributed by atoms with Crippen molar-refractivity contribution in [3.05, 3.63) is 35.9 Å². The largest absolute Gasteiger partial charge is 0.491 e. The second-order valence-electron chi connectivity index (χ2n) is 5.43. The van der Waals surface area contributed by atoms with E-state index in [1.165, 1.54) is 0 Å². The lowest BCUT2D eigenvalue weighted by Gasteiger charge is -2.31. The fourth-order valence-corrected chi connectivity index (χ4v) is 2.18. The summed E-state index contributed by atoms with van der Waals surface area (Å²) < 4.78 is 5.64. The average molecular weight is 289 g/mol. The van der Waals surface area contributed by atoms with E-state index < -0.39 is 0 Å². The molecule has 1 amide bonds. The third-order valence-corrected chi connectivity index (χ3v) is 3.27. The number of carbonyl (C=O) groups is 1. The van der Waals surface area contributed by atoms with E-state index in [4.69, 9.17) is 10.6 Å². The molecule has 0 radical (unpaired) electrons. The van der Waals surface area contributed by atoms with Crippen LogP contribution in [0.25, 0.3) is 6.08 Å². The molecule has 0 bridgehead atoms. The van der Waals surface area contributed by atoms with Crippen molar-refractivity contribution in [2.24, 2.45) is 5.84 Å². The number of amides is 1. The smallest absolute Gasteiger partial charge is 0.246 e. The van der Waals surface area contributed by atoms with Crippen molar-refractivity contribution in [1.29, 1.82) is 0 Å². The number of hydrogen-bond donors (Lipinski definition) is 1. The maximum Gasteiger partial charge on any atom is 0.246 e. The van der Waals surface area contributed by atoms with E-state index in [-0.39, 0.29) is 12.0 Å². The standard InChI is InChI=1S/C16H23N3O2/c1-13(2)21-15-5-3-4-14(12-15)6-7-16(20)18-8-10-19(17)11-9-18/h3-7,12-13H,8-11,17H2,1-2H3/b7-6+. The van der Waals surface area contributed by atoms with Gasteiger partial charge >= 0.3 is 0 Å². The molecule has 1 fully saturated rings. The van der Waals surface area contributed by atoms with Gasteiger partial charge in [0.05, 0.1) is 6.10 Å². The van der Waals surface area contributed by atoms with Gasteiger partial charge in [-0.15, -0.1) is 0 Å². The van der Waals surface area contributed by atoms with Crippen LogP contribution >= 0.6 is 0 Å². The van der Waals surface area contributed by atoms with Gasteiger partial charge in [-0.1, -0.05) is 12.1 Å². The predicted molar refractivity (Wildman–Crippen MR) is 83.6 cm³/mol. The van der Waals surface area contributed by atoms with Crippen molar-refractivity contribution >= 4 is 12.0 Å². The second-order valence-corrected chi connectivity index (χ2v) is 5.43. The van der Waals surface area contributed by atoms with Crippen LogP contribution in [0.15, 0.2) is 30.3 Å². The Balaban J connectivity index is 1.95. The Morgan fingerprint density at radius 2 is 2.00 bits per heavy atom. The van der Waals surface area contributed by atoms with Gasteiger partial charge < -0.3 is 9.64 Å². The Bertz CT molecular complexity index is 506. The highest BCUT2D eigenvalue weighted by Gasteiger charge is 2.17. The van der Waals surface area contributed by atoms with Crippen LogP contribution in [0.4, 0.5) is 0 Å². The number of carbonyl (C=O) groups excluding carboxylic acids is 1. The van der Waals surface area contributed by atoms with Gasteiger partial charge in [-0.05, 0) is 37.6 Å².